The third kappa shape index (κ3) is 4.79. The molecular formula is C17H24ClN3O2. The molecule has 0 saturated heterocycles. The third-order valence-corrected chi connectivity index (χ3v) is 3.89. The number of rotatable bonds is 6. The molecular weight excluding hydrogens is 314 g/mol. The molecule has 0 amide bonds. The second kappa shape index (κ2) is 8.67. The van der Waals surface area contributed by atoms with Crippen molar-refractivity contribution in [3.05, 3.63) is 34.9 Å². The van der Waals surface area contributed by atoms with Crippen molar-refractivity contribution in [3.8, 4) is 11.5 Å². The van der Waals surface area contributed by atoms with Crippen molar-refractivity contribution >= 4 is 17.6 Å². The van der Waals surface area contributed by atoms with Crippen LogP contribution in [0.5, 0.6) is 11.5 Å². The fourth-order valence-corrected chi connectivity index (χ4v) is 2.76. The van der Waals surface area contributed by atoms with Gasteiger partial charge in [-0.25, -0.2) is 0 Å². The van der Waals surface area contributed by atoms with E-state index in [-0.39, 0.29) is 0 Å². The Morgan fingerprint density at radius 1 is 1.35 bits per heavy atom. The summed E-state index contributed by atoms with van der Waals surface area (Å²) < 4.78 is 10.9. The normalized spacial score (nSPS) is 14.9. The number of nitrogens with zero attached hydrogens (tertiary/aromatic N) is 1. The lowest BCUT2D eigenvalue weighted by molar-refractivity contribution is 0.311. The SMILES string of the molecule is CCOc1c(Cl)cc(CNC(=NC)NC2CC=CC2)cc1OC. The van der Waals surface area contributed by atoms with Crippen molar-refractivity contribution in [2.75, 3.05) is 20.8 Å². The Labute approximate surface area is 142 Å². The van der Waals surface area contributed by atoms with Crippen LogP contribution in [0.2, 0.25) is 5.02 Å². The molecule has 2 rings (SSSR count). The van der Waals surface area contributed by atoms with Gasteiger partial charge in [0.2, 0.25) is 0 Å². The highest BCUT2D eigenvalue weighted by atomic mass is 35.5. The van der Waals surface area contributed by atoms with Crippen LogP contribution < -0.4 is 20.1 Å². The Morgan fingerprint density at radius 3 is 2.70 bits per heavy atom. The second-order valence-electron chi connectivity index (χ2n) is 5.25. The summed E-state index contributed by atoms with van der Waals surface area (Å²) in [6.07, 6.45) is 6.43. The molecule has 0 atom stereocenters. The van der Waals surface area contributed by atoms with E-state index >= 15 is 0 Å². The Kier molecular flexibility index (Phi) is 6.59. The Bertz CT molecular complexity index is 579. The van der Waals surface area contributed by atoms with Crippen molar-refractivity contribution in [1.29, 1.82) is 0 Å². The molecule has 0 spiro atoms. The topological polar surface area (TPSA) is 54.9 Å². The van der Waals surface area contributed by atoms with Crippen molar-refractivity contribution in [2.24, 2.45) is 4.99 Å². The fourth-order valence-electron chi connectivity index (χ4n) is 2.47. The number of methoxy groups -OCH3 is 1. The summed E-state index contributed by atoms with van der Waals surface area (Å²) in [6, 6.07) is 4.22. The Hall–Kier alpha value is -1.88. The van der Waals surface area contributed by atoms with E-state index in [1.165, 1.54) is 0 Å². The molecule has 6 heteroatoms. The average Bonchev–Trinajstić information content (AvgIpc) is 3.06. The zero-order chi connectivity index (χ0) is 16.7. The van der Waals surface area contributed by atoms with Crippen LogP contribution in [-0.2, 0) is 6.54 Å². The van der Waals surface area contributed by atoms with Gasteiger partial charge in [0, 0.05) is 19.6 Å². The third-order valence-electron chi connectivity index (χ3n) is 3.61. The summed E-state index contributed by atoms with van der Waals surface area (Å²) >= 11 is 6.29. The maximum atomic E-state index is 6.29. The van der Waals surface area contributed by atoms with Crippen LogP contribution in [0.3, 0.4) is 0 Å². The van der Waals surface area contributed by atoms with Gasteiger partial charge in [-0.2, -0.15) is 0 Å². The molecule has 0 heterocycles. The molecule has 0 fully saturated rings. The quantitative estimate of drug-likeness (QED) is 0.476. The maximum absolute atomic E-state index is 6.29. The zero-order valence-corrected chi connectivity index (χ0v) is 14.6. The van der Waals surface area contributed by atoms with Crippen LogP contribution >= 0.6 is 11.6 Å². The summed E-state index contributed by atoms with van der Waals surface area (Å²) in [5.41, 5.74) is 1.00. The van der Waals surface area contributed by atoms with Crippen LogP contribution in [0.25, 0.3) is 0 Å². The molecule has 0 aliphatic heterocycles. The van der Waals surface area contributed by atoms with Crippen LogP contribution in [-0.4, -0.2) is 32.8 Å². The minimum absolute atomic E-state index is 0.416. The first-order valence-corrected chi connectivity index (χ1v) is 8.17. The monoisotopic (exact) mass is 337 g/mol. The van der Waals surface area contributed by atoms with Crippen LogP contribution in [0.4, 0.5) is 0 Å². The summed E-state index contributed by atoms with van der Waals surface area (Å²) in [4.78, 5) is 4.26. The number of hydrogen-bond donors (Lipinski definition) is 2. The molecule has 126 valence electrons. The lowest BCUT2D eigenvalue weighted by Gasteiger charge is -2.18. The highest BCUT2D eigenvalue weighted by Gasteiger charge is 2.14. The number of halogens is 1. The van der Waals surface area contributed by atoms with Gasteiger partial charge in [-0.1, -0.05) is 23.8 Å². The molecule has 0 saturated carbocycles. The summed E-state index contributed by atoms with van der Waals surface area (Å²) in [6.45, 7) is 3.06. The van der Waals surface area contributed by atoms with Crippen molar-refractivity contribution in [3.63, 3.8) is 0 Å². The van der Waals surface area contributed by atoms with Gasteiger partial charge >= 0.3 is 0 Å². The van der Waals surface area contributed by atoms with E-state index in [0.29, 0.717) is 35.7 Å². The van der Waals surface area contributed by atoms with E-state index in [9.17, 15) is 0 Å². The van der Waals surface area contributed by atoms with Gasteiger partial charge < -0.3 is 20.1 Å². The summed E-state index contributed by atoms with van der Waals surface area (Å²) in [7, 11) is 3.38. The van der Waals surface area contributed by atoms with E-state index in [0.717, 1.165) is 24.4 Å². The molecule has 0 bridgehead atoms. The van der Waals surface area contributed by atoms with E-state index < -0.39 is 0 Å². The highest BCUT2D eigenvalue weighted by molar-refractivity contribution is 6.32. The molecule has 1 aromatic carbocycles. The zero-order valence-electron chi connectivity index (χ0n) is 13.9. The molecule has 1 aliphatic rings. The van der Waals surface area contributed by atoms with Crippen LogP contribution in [0, 0.1) is 0 Å². The smallest absolute Gasteiger partial charge is 0.191 e. The first kappa shape index (κ1) is 17.5. The summed E-state index contributed by atoms with van der Waals surface area (Å²) in [5, 5.41) is 7.24. The van der Waals surface area contributed by atoms with Crippen LogP contribution in [0.15, 0.2) is 29.3 Å². The average molecular weight is 338 g/mol. The Balaban J connectivity index is 2.00. The molecule has 1 aromatic rings. The van der Waals surface area contributed by atoms with Gasteiger partial charge in [0.15, 0.2) is 17.5 Å². The molecule has 0 radical (unpaired) electrons. The second-order valence-corrected chi connectivity index (χ2v) is 5.66. The predicted molar refractivity (Wildman–Crippen MR) is 94.7 cm³/mol. The summed E-state index contributed by atoms with van der Waals surface area (Å²) in [5.74, 6) is 2.00. The lowest BCUT2D eigenvalue weighted by Crippen LogP contribution is -2.42. The first-order valence-electron chi connectivity index (χ1n) is 7.79. The van der Waals surface area contributed by atoms with Gasteiger partial charge in [0.1, 0.15) is 0 Å². The van der Waals surface area contributed by atoms with Gasteiger partial charge in [0.05, 0.1) is 18.7 Å². The number of benzene rings is 1. The van der Waals surface area contributed by atoms with Crippen molar-refractivity contribution in [1.82, 2.24) is 10.6 Å². The molecule has 0 unspecified atom stereocenters. The number of nitrogens with one attached hydrogen (secondary N) is 2. The molecule has 1 aliphatic carbocycles. The van der Waals surface area contributed by atoms with E-state index in [2.05, 4.69) is 27.8 Å². The molecule has 5 nitrogen and oxygen atoms in total. The first-order chi connectivity index (χ1) is 11.2. The van der Waals surface area contributed by atoms with Gasteiger partial charge in [0.25, 0.3) is 0 Å². The van der Waals surface area contributed by atoms with E-state index in [1.54, 1.807) is 14.2 Å². The van der Waals surface area contributed by atoms with Gasteiger partial charge in [-0.05, 0) is 37.5 Å². The van der Waals surface area contributed by atoms with Crippen LogP contribution in [0.1, 0.15) is 25.3 Å². The minimum Gasteiger partial charge on any atom is -0.493 e. The fraction of sp³-hybridized carbons (Fsp3) is 0.471. The Morgan fingerprint density at radius 2 is 2.09 bits per heavy atom. The number of guanidine groups is 1. The van der Waals surface area contributed by atoms with E-state index in [4.69, 9.17) is 21.1 Å². The largest absolute Gasteiger partial charge is 0.493 e. The van der Waals surface area contributed by atoms with Gasteiger partial charge in [-0.15, -0.1) is 0 Å². The molecule has 0 aromatic heterocycles. The van der Waals surface area contributed by atoms with Crippen molar-refractivity contribution < 1.29 is 9.47 Å². The number of ether oxygens (including phenoxy) is 2. The van der Waals surface area contributed by atoms with Gasteiger partial charge in [-0.3, -0.25) is 4.99 Å². The number of aliphatic imine (C=N–C) groups is 1. The maximum Gasteiger partial charge on any atom is 0.191 e. The minimum atomic E-state index is 0.416. The molecule has 23 heavy (non-hydrogen) atoms. The lowest BCUT2D eigenvalue weighted by atomic mass is 10.2. The standard InChI is InChI=1S/C17H24ClN3O2/c1-4-23-16-14(18)9-12(10-15(16)22-3)11-20-17(19-2)21-13-7-5-6-8-13/h5-6,9-10,13H,4,7-8,11H2,1-3H3,(H2,19,20,21). The number of hydrogen-bond acceptors (Lipinski definition) is 3. The molecule has 2 N–H and O–H groups in total. The highest BCUT2D eigenvalue weighted by Crippen LogP contribution is 2.36. The van der Waals surface area contributed by atoms with Crippen molar-refractivity contribution in [2.45, 2.75) is 32.4 Å². The van der Waals surface area contributed by atoms with E-state index in [1.807, 2.05) is 19.1 Å². The predicted octanol–water partition coefficient (Wildman–Crippen LogP) is 3.13.